The van der Waals surface area contributed by atoms with E-state index in [4.69, 9.17) is 11.6 Å². The average Bonchev–Trinajstić information content (AvgIpc) is 2.31. The Morgan fingerprint density at radius 2 is 2.31 bits per heavy atom. The van der Waals surface area contributed by atoms with Crippen molar-refractivity contribution in [3.63, 3.8) is 0 Å². The van der Waals surface area contributed by atoms with Crippen LogP contribution >= 0.6 is 11.6 Å². The van der Waals surface area contributed by atoms with Crippen molar-refractivity contribution in [3.8, 4) is 0 Å². The molecule has 0 radical (unpaired) electrons. The first-order chi connectivity index (χ1) is 7.83. The average molecular weight is 237 g/mol. The molecule has 86 valence electrons. The first-order valence-corrected chi connectivity index (χ1v) is 6.01. The Labute approximate surface area is 102 Å². The zero-order chi connectivity index (χ0) is 11.4. The predicted molar refractivity (Wildman–Crippen MR) is 68.8 cm³/mol. The fourth-order valence-electron chi connectivity index (χ4n) is 2.18. The first-order valence-electron chi connectivity index (χ1n) is 5.63. The van der Waals surface area contributed by atoms with Crippen LogP contribution in [0.25, 0.3) is 0 Å². The van der Waals surface area contributed by atoms with Gasteiger partial charge in [0, 0.05) is 37.2 Å². The lowest BCUT2D eigenvalue weighted by Gasteiger charge is -2.36. The van der Waals surface area contributed by atoms with E-state index in [0.717, 1.165) is 31.2 Å². The van der Waals surface area contributed by atoms with E-state index < -0.39 is 0 Å². The van der Waals surface area contributed by atoms with Crippen molar-refractivity contribution in [2.45, 2.75) is 6.04 Å². The van der Waals surface area contributed by atoms with Gasteiger partial charge >= 0.3 is 0 Å². The van der Waals surface area contributed by atoms with Crippen LogP contribution in [0.5, 0.6) is 0 Å². The Kier molecular flexibility index (Phi) is 3.99. The van der Waals surface area contributed by atoms with Crippen molar-refractivity contribution in [3.05, 3.63) is 47.5 Å². The molecular formula is C13H17ClN2. The summed E-state index contributed by atoms with van der Waals surface area (Å²) in [6.07, 6.45) is 1.95. The van der Waals surface area contributed by atoms with Gasteiger partial charge in [-0.15, -0.1) is 6.58 Å². The molecule has 0 aromatic heterocycles. The van der Waals surface area contributed by atoms with E-state index >= 15 is 0 Å². The van der Waals surface area contributed by atoms with Gasteiger partial charge in [0.25, 0.3) is 0 Å². The maximum absolute atomic E-state index is 6.24. The minimum atomic E-state index is 0.362. The summed E-state index contributed by atoms with van der Waals surface area (Å²) in [7, 11) is 0. The zero-order valence-electron chi connectivity index (χ0n) is 9.32. The van der Waals surface area contributed by atoms with Crippen LogP contribution in [0.4, 0.5) is 0 Å². The minimum Gasteiger partial charge on any atom is -0.314 e. The molecule has 0 bridgehead atoms. The number of nitrogens with zero attached hydrogens (tertiary/aromatic N) is 1. The molecule has 1 fully saturated rings. The van der Waals surface area contributed by atoms with E-state index in [0.29, 0.717) is 6.04 Å². The van der Waals surface area contributed by atoms with Crippen LogP contribution in [0.1, 0.15) is 11.6 Å². The summed E-state index contributed by atoms with van der Waals surface area (Å²) in [4.78, 5) is 2.41. The molecule has 0 saturated carbocycles. The lowest BCUT2D eigenvalue weighted by molar-refractivity contribution is 0.180. The molecule has 1 atom stereocenters. The van der Waals surface area contributed by atoms with Crippen molar-refractivity contribution >= 4 is 11.6 Å². The summed E-state index contributed by atoms with van der Waals surface area (Å²) >= 11 is 6.24. The van der Waals surface area contributed by atoms with Gasteiger partial charge in [0.2, 0.25) is 0 Å². The van der Waals surface area contributed by atoms with Crippen LogP contribution in [0, 0.1) is 0 Å². The molecule has 1 heterocycles. The molecule has 3 heteroatoms. The van der Waals surface area contributed by atoms with Gasteiger partial charge in [0.15, 0.2) is 0 Å². The molecule has 0 spiro atoms. The fourth-order valence-corrected chi connectivity index (χ4v) is 2.44. The molecule has 1 saturated heterocycles. The Balaban J connectivity index is 2.22. The van der Waals surface area contributed by atoms with Gasteiger partial charge in [0.1, 0.15) is 0 Å². The van der Waals surface area contributed by atoms with Crippen molar-refractivity contribution in [2.24, 2.45) is 0 Å². The topological polar surface area (TPSA) is 15.3 Å². The van der Waals surface area contributed by atoms with Crippen LogP contribution in [-0.2, 0) is 0 Å². The van der Waals surface area contributed by atoms with Gasteiger partial charge in [-0.2, -0.15) is 0 Å². The Bertz CT molecular complexity index is 365. The number of halogens is 1. The Hall–Kier alpha value is -0.830. The number of hydrogen-bond donors (Lipinski definition) is 1. The number of rotatable bonds is 3. The number of hydrogen-bond acceptors (Lipinski definition) is 2. The minimum absolute atomic E-state index is 0.362. The van der Waals surface area contributed by atoms with Crippen LogP contribution in [0.3, 0.4) is 0 Å². The molecule has 0 aliphatic carbocycles. The van der Waals surface area contributed by atoms with Crippen LogP contribution in [0.15, 0.2) is 36.9 Å². The number of nitrogens with one attached hydrogen (secondary N) is 1. The molecule has 1 aromatic carbocycles. The molecule has 1 aliphatic heterocycles. The highest BCUT2D eigenvalue weighted by atomic mass is 35.5. The second-order valence-electron chi connectivity index (χ2n) is 4.03. The molecule has 16 heavy (non-hydrogen) atoms. The predicted octanol–water partition coefficient (Wildman–Crippen LogP) is 2.47. The summed E-state index contributed by atoms with van der Waals surface area (Å²) < 4.78 is 0. The summed E-state index contributed by atoms with van der Waals surface area (Å²) in [6.45, 7) is 7.76. The SMILES string of the molecule is C=CCN1CCNCC1c1ccccc1Cl. The van der Waals surface area contributed by atoms with Crippen molar-refractivity contribution < 1.29 is 0 Å². The Morgan fingerprint density at radius 1 is 1.50 bits per heavy atom. The molecular weight excluding hydrogens is 220 g/mol. The maximum atomic E-state index is 6.24. The van der Waals surface area contributed by atoms with Crippen LogP contribution in [-0.4, -0.2) is 31.1 Å². The van der Waals surface area contributed by atoms with Crippen molar-refractivity contribution in [1.29, 1.82) is 0 Å². The van der Waals surface area contributed by atoms with E-state index in [9.17, 15) is 0 Å². The van der Waals surface area contributed by atoms with Gasteiger partial charge in [0.05, 0.1) is 0 Å². The molecule has 1 N–H and O–H groups in total. The second kappa shape index (κ2) is 5.48. The largest absolute Gasteiger partial charge is 0.314 e. The van der Waals surface area contributed by atoms with Crippen LogP contribution < -0.4 is 5.32 Å². The monoisotopic (exact) mass is 236 g/mol. The number of piperazine rings is 1. The van der Waals surface area contributed by atoms with Gasteiger partial charge < -0.3 is 5.32 Å². The van der Waals surface area contributed by atoms with Gasteiger partial charge in [-0.1, -0.05) is 35.9 Å². The third-order valence-electron chi connectivity index (χ3n) is 2.98. The highest BCUT2D eigenvalue weighted by Crippen LogP contribution is 2.28. The van der Waals surface area contributed by atoms with E-state index in [1.54, 1.807) is 0 Å². The number of benzene rings is 1. The molecule has 0 amide bonds. The lowest BCUT2D eigenvalue weighted by atomic mass is 10.0. The van der Waals surface area contributed by atoms with Crippen LogP contribution in [0.2, 0.25) is 5.02 Å². The molecule has 2 nitrogen and oxygen atoms in total. The summed E-state index contributed by atoms with van der Waals surface area (Å²) in [6, 6.07) is 8.44. The molecule has 1 aliphatic rings. The van der Waals surface area contributed by atoms with E-state index in [1.165, 1.54) is 5.56 Å². The first kappa shape index (κ1) is 11.6. The molecule has 1 unspecified atom stereocenters. The summed E-state index contributed by atoms with van der Waals surface area (Å²) in [5.41, 5.74) is 1.21. The molecule has 2 rings (SSSR count). The highest BCUT2D eigenvalue weighted by Gasteiger charge is 2.23. The smallest absolute Gasteiger partial charge is 0.0491 e. The Morgan fingerprint density at radius 3 is 3.06 bits per heavy atom. The van der Waals surface area contributed by atoms with E-state index in [2.05, 4.69) is 22.9 Å². The zero-order valence-corrected chi connectivity index (χ0v) is 10.1. The third-order valence-corrected chi connectivity index (χ3v) is 3.33. The fraction of sp³-hybridized carbons (Fsp3) is 0.385. The lowest BCUT2D eigenvalue weighted by Crippen LogP contribution is -2.46. The second-order valence-corrected chi connectivity index (χ2v) is 4.43. The van der Waals surface area contributed by atoms with Gasteiger partial charge in [-0.05, 0) is 11.6 Å². The normalized spacial score (nSPS) is 21.9. The highest BCUT2D eigenvalue weighted by molar-refractivity contribution is 6.31. The van der Waals surface area contributed by atoms with E-state index in [-0.39, 0.29) is 0 Å². The van der Waals surface area contributed by atoms with Crippen molar-refractivity contribution in [2.75, 3.05) is 26.2 Å². The van der Waals surface area contributed by atoms with Gasteiger partial charge in [-0.25, -0.2) is 0 Å². The summed E-state index contributed by atoms with van der Waals surface area (Å²) in [5, 5.41) is 4.27. The molecule has 1 aromatic rings. The maximum Gasteiger partial charge on any atom is 0.0491 e. The quantitative estimate of drug-likeness (QED) is 0.812. The summed E-state index contributed by atoms with van der Waals surface area (Å²) in [5.74, 6) is 0. The third kappa shape index (κ3) is 2.46. The van der Waals surface area contributed by atoms with Gasteiger partial charge in [-0.3, -0.25) is 4.90 Å². The standard InChI is InChI=1S/C13H17ClN2/c1-2-8-16-9-7-15-10-13(16)11-5-3-4-6-12(11)14/h2-6,13,15H,1,7-10H2. The van der Waals surface area contributed by atoms with E-state index in [1.807, 2.05) is 24.3 Å². The van der Waals surface area contributed by atoms with Crippen molar-refractivity contribution in [1.82, 2.24) is 10.2 Å².